The van der Waals surface area contributed by atoms with Gasteiger partial charge in [-0.15, -0.1) is 0 Å². The van der Waals surface area contributed by atoms with E-state index in [1.165, 1.54) is 6.39 Å². The Balaban J connectivity index is 1.88. The molecular formula is C20H21N3O3. The van der Waals surface area contributed by atoms with Crippen molar-refractivity contribution in [3.8, 4) is 22.6 Å². The molecule has 2 aromatic heterocycles. The number of hydrogen-bond acceptors (Lipinski definition) is 5. The zero-order valence-corrected chi connectivity index (χ0v) is 15.0. The van der Waals surface area contributed by atoms with Gasteiger partial charge in [0, 0.05) is 29.2 Å². The van der Waals surface area contributed by atoms with Crippen molar-refractivity contribution in [1.82, 2.24) is 9.97 Å². The third kappa shape index (κ3) is 4.08. The highest BCUT2D eigenvalue weighted by molar-refractivity contribution is 5.87. The maximum Gasteiger partial charge on any atom is 0.411 e. The van der Waals surface area contributed by atoms with Crippen LogP contribution in [0.5, 0.6) is 0 Å². The van der Waals surface area contributed by atoms with E-state index in [-0.39, 0.29) is 5.92 Å². The molecule has 0 aliphatic carbocycles. The second-order valence-corrected chi connectivity index (χ2v) is 6.42. The first-order valence-electron chi connectivity index (χ1n) is 8.43. The second-order valence-electron chi connectivity index (χ2n) is 6.42. The molecule has 0 bridgehead atoms. The molecule has 6 heteroatoms. The fourth-order valence-corrected chi connectivity index (χ4v) is 2.49. The Morgan fingerprint density at radius 3 is 2.88 bits per heavy atom. The Labute approximate surface area is 152 Å². The van der Waals surface area contributed by atoms with E-state index in [2.05, 4.69) is 15.3 Å². The van der Waals surface area contributed by atoms with Crippen LogP contribution in [0.15, 0.2) is 53.5 Å². The molecule has 26 heavy (non-hydrogen) atoms. The summed E-state index contributed by atoms with van der Waals surface area (Å²) in [4.78, 5) is 20.4. The van der Waals surface area contributed by atoms with Gasteiger partial charge in [0.05, 0.1) is 6.61 Å². The Morgan fingerprint density at radius 2 is 2.15 bits per heavy atom. The normalized spacial score (nSPS) is 10.8. The molecule has 1 amide bonds. The first-order valence-corrected chi connectivity index (χ1v) is 8.43. The van der Waals surface area contributed by atoms with E-state index in [0.717, 1.165) is 16.7 Å². The van der Waals surface area contributed by atoms with E-state index in [1.807, 2.05) is 51.1 Å². The largest absolute Gasteiger partial charge is 0.449 e. The molecule has 0 saturated heterocycles. The summed E-state index contributed by atoms with van der Waals surface area (Å²) in [5.41, 5.74) is 4.08. The minimum absolute atomic E-state index is 0.284. The summed E-state index contributed by atoms with van der Waals surface area (Å²) in [5, 5.41) is 2.75. The van der Waals surface area contributed by atoms with E-state index in [1.54, 1.807) is 12.4 Å². The van der Waals surface area contributed by atoms with Crippen LogP contribution in [-0.2, 0) is 4.74 Å². The minimum Gasteiger partial charge on any atom is -0.449 e. The third-order valence-corrected chi connectivity index (χ3v) is 3.78. The Kier molecular flexibility index (Phi) is 5.31. The standard InChI is InChI=1S/C20H21N3O3/c1-13(2)11-25-20(24)23-16-7-6-14(3)17(9-16)18-19(26-12-22-18)15-5-4-8-21-10-15/h4-10,12-13H,11H2,1-3H3,(H,23,24). The molecule has 0 aliphatic rings. The lowest BCUT2D eigenvalue weighted by atomic mass is 10.0. The van der Waals surface area contributed by atoms with Gasteiger partial charge in [0.25, 0.3) is 0 Å². The molecule has 3 rings (SSSR count). The van der Waals surface area contributed by atoms with Crippen molar-refractivity contribution >= 4 is 11.8 Å². The number of nitrogens with zero attached hydrogens (tertiary/aromatic N) is 2. The molecule has 0 atom stereocenters. The monoisotopic (exact) mass is 351 g/mol. The molecule has 0 radical (unpaired) electrons. The number of pyridine rings is 1. The number of anilines is 1. The summed E-state index contributed by atoms with van der Waals surface area (Å²) in [6.07, 6.45) is 4.37. The molecule has 3 aromatic rings. The number of rotatable bonds is 5. The van der Waals surface area contributed by atoms with Crippen LogP contribution in [0, 0.1) is 12.8 Å². The van der Waals surface area contributed by atoms with Gasteiger partial charge in [-0.1, -0.05) is 19.9 Å². The molecule has 134 valence electrons. The van der Waals surface area contributed by atoms with Crippen molar-refractivity contribution in [2.24, 2.45) is 5.92 Å². The molecule has 6 nitrogen and oxygen atoms in total. The summed E-state index contributed by atoms with van der Waals surface area (Å²) >= 11 is 0. The molecule has 1 N–H and O–H groups in total. The highest BCUT2D eigenvalue weighted by Crippen LogP contribution is 2.33. The lowest BCUT2D eigenvalue weighted by Gasteiger charge is -2.11. The minimum atomic E-state index is -0.471. The van der Waals surface area contributed by atoms with Gasteiger partial charge in [0.2, 0.25) is 0 Å². The highest BCUT2D eigenvalue weighted by atomic mass is 16.5. The molecule has 0 saturated carbocycles. The van der Waals surface area contributed by atoms with Crippen LogP contribution in [-0.4, -0.2) is 22.7 Å². The molecule has 1 aromatic carbocycles. The molecule has 0 spiro atoms. The van der Waals surface area contributed by atoms with E-state index in [4.69, 9.17) is 9.15 Å². The average molecular weight is 351 g/mol. The smallest absolute Gasteiger partial charge is 0.411 e. The van der Waals surface area contributed by atoms with Crippen LogP contribution >= 0.6 is 0 Å². The first-order chi connectivity index (χ1) is 12.5. The van der Waals surface area contributed by atoms with E-state index in [0.29, 0.717) is 23.7 Å². The number of carbonyl (C=O) groups excluding carboxylic acids is 1. The fraction of sp³-hybridized carbons (Fsp3) is 0.250. The van der Waals surface area contributed by atoms with E-state index < -0.39 is 6.09 Å². The summed E-state index contributed by atoms with van der Waals surface area (Å²) in [6, 6.07) is 9.38. The molecule has 0 aliphatic heterocycles. The van der Waals surface area contributed by atoms with Crippen LogP contribution in [0.25, 0.3) is 22.6 Å². The number of carbonyl (C=O) groups is 1. The van der Waals surface area contributed by atoms with Gasteiger partial charge in [-0.3, -0.25) is 10.3 Å². The fourth-order valence-electron chi connectivity index (χ4n) is 2.49. The van der Waals surface area contributed by atoms with Gasteiger partial charge in [-0.2, -0.15) is 0 Å². The topological polar surface area (TPSA) is 77.2 Å². The van der Waals surface area contributed by atoms with Gasteiger partial charge in [-0.05, 0) is 42.7 Å². The number of amides is 1. The predicted octanol–water partition coefficient (Wildman–Crippen LogP) is 4.92. The van der Waals surface area contributed by atoms with E-state index in [9.17, 15) is 4.79 Å². The van der Waals surface area contributed by atoms with Gasteiger partial charge in [0.1, 0.15) is 5.69 Å². The van der Waals surface area contributed by atoms with Crippen LogP contribution in [0.2, 0.25) is 0 Å². The lowest BCUT2D eigenvalue weighted by Crippen LogP contribution is -2.16. The van der Waals surface area contributed by atoms with Crippen molar-refractivity contribution in [2.45, 2.75) is 20.8 Å². The van der Waals surface area contributed by atoms with Crippen molar-refractivity contribution in [3.63, 3.8) is 0 Å². The van der Waals surface area contributed by atoms with Crippen molar-refractivity contribution in [1.29, 1.82) is 0 Å². The predicted molar refractivity (Wildman–Crippen MR) is 99.7 cm³/mol. The number of aromatic nitrogens is 2. The maximum absolute atomic E-state index is 11.9. The second kappa shape index (κ2) is 7.82. The van der Waals surface area contributed by atoms with Crippen LogP contribution in [0.1, 0.15) is 19.4 Å². The van der Waals surface area contributed by atoms with Gasteiger partial charge >= 0.3 is 6.09 Å². The Bertz CT molecular complexity index is 888. The highest BCUT2D eigenvalue weighted by Gasteiger charge is 2.16. The van der Waals surface area contributed by atoms with Crippen LogP contribution < -0.4 is 5.32 Å². The quantitative estimate of drug-likeness (QED) is 0.706. The zero-order chi connectivity index (χ0) is 18.5. The number of benzene rings is 1. The molecule has 0 fully saturated rings. The maximum atomic E-state index is 11.9. The van der Waals surface area contributed by atoms with Crippen molar-refractivity contribution < 1.29 is 13.9 Å². The molecular weight excluding hydrogens is 330 g/mol. The van der Waals surface area contributed by atoms with Crippen molar-refractivity contribution in [3.05, 3.63) is 54.7 Å². The number of aryl methyl sites for hydroxylation is 1. The Morgan fingerprint density at radius 1 is 1.31 bits per heavy atom. The number of hydrogen-bond donors (Lipinski definition) is 1. The average Bonchev–Trinajstić information content (AvgIpc) is 3.12. The van der Waals surface area contributed by atoms with Gasteiger partial charge in [-0.25, -0.2) is 9.78 Å². The molecule has 2 heterocycles. The van der Waals surface area contributed by atoms with Crippen LogP contribution in [0.3, 0.4) is 0 Å². The number of ether oxygens (including phenoxy) is 1. The summed E-state index contributed by atoms with van der Waals surface area (Å²) in [6.45, 7) is 6.33. The molecule has 0 unspecified atom stereocenters. The Hall–Kier alpha value is -3.15. The third-order valence-electron chi connectivity index (χ3n) is 3.78. The van der Waals surface area contributed by atoms with Gasteiger partial charge < -0.3 is 9.15 Å². The van der Waals surface area contributed by atoms with Crippen LogP contribution in [0.4, 0.5) is 10.5 Å². The number of oxazole rings is 1. The van der Waals surface area contributed by atoms with Crippen molar-refractivity contribution in [2.75, 3.05) is 11.9 Å². The van der Waals surface area contributed by atoms with E-state index >= 15 is 0 Å². The summed E-state index contributed by atoms with van der Waals surface area (Å²) < 4.78 is 10.8. The summed E-state index contributed by atoms with van der Waals surface area (Å²) in [5.74, 6) is 0.923. The number of nitrogens with one attached hydrogen (secondary N) is 1. The zero-order valence-electron chi connectivity index (χ0n) is 15.0. The summed E-state index contributed by atoms with van der Waals surface area (Å²) in [7, 11) is 0. The SMILES string of the molecule is Cc1ccc(NC(=O)OCC(C)C)cc1-c1ncoc1-c1cccnc1. The van der Waals surface area contributed by atoms with Gasteiger partial charge in [0.15, 0.2) is 12.2 Å². The first kappa shape index (κ1) is 17.7. The lowest BCUT2D eigenvalue weighted by molar-refractivity contribution is 0.147.